The summed E-state index contributed by atoms with van der Waals surface area (Å²) in [7, 11) is 0. The maximum absolute atomic E-state index is 12.0. The van der Waals surface area contributed by atoms with Crippen molar-refractivity contribution >= 4 is 34.9 Å². The number of hydrogen-bond donors (Lipinski definition) is 2. The highest BCUT2D eigenvalue weighted by Gasteiger charge is 2.27. The van der Waals surface area contributed by atoms with Crippen LogP contribution in [0.5, 0.6) is 0 Å². The van der Waals surface area contributed by atoms with Gasteiger partial charge in [-0.05, 0) is 24.5 Å². The van der Waals surface area contributed by atoms with Crippen molar-refractivity contribution in [2.24, 2.45) is 17.6 Å². The molecule has 0 radical (unpaired) electrons. The van der Waals surface area contributed by atoms with Gasteiger partial charge >= 0.3 is 0 Å². The Labute approximate surface area is 107 Å². The van der Waals surface area contributed by atoms with Crippen LogP contribution < -0.4 is 11.1 Å². The van der Waals surface area contributed by atoms with E-state index >= 15 is 0 Å². The fourth-order valence-electron chi connectivity index (χ4n) is 1.91. The van der Waals surface area contributed by atoms with E-state index in [0.717, 1.165) is 12.2 Å². The van der Waals surface area contributed by atoms with Crippen LogP contribution >= 0.6 is 24.0 Å². The van der Waals surface area contributed by atoms with Crippen LogP contribution in [0.1, 0.15) is 26.7 Å². The molecular formula is C11H20N2OS2. The molecule has 1 saturated heterocycles. The van der Waals surface area contributed by atoms with Crippen molar-refractivity contribution in [3.05, 3.63) is 0 Å². The van der Waals surface area contributed by atoms with E-state index in [-0.39, 0.29) is 17.7 Å². The molecule has 0 bridgehead atoms. The number of thioether (sulfide) groups is 1. The lowest BCUT2D eigenvalue weighted by atomic mass is 9.94. The summed E-state index contributed by atoms with van der Waals surface area (Å²) in [6.07, 6.45) is 2.25. The predicted molar refractivity (Wildman–Crippen MR) is 73.6 cm³/mol. The molecule has 3 nitrogen and oxygen atoms in total. The van der Waals surface area contributed by atoms with Crippen LogP contribution in [0.15, 0.2) is 0 Å². The molecule has 1 aliphatic rings. The zero-order chi connectivity index (χ0) is 12.1. The van der Waals surface area contributed by atoms with Crippen molar-refractivity contribution < 1.29 is 4.79 Å². The van der Waals surface area contributed by atoms with Crippen LogP contribution in [0.2, 0.25) is 0 Å². The number of carbonyl (C=O) groups excluding carboxylic acids is 1. The molecule has 0 spiro atoms. The maximum atomic E-state index is 12.0. The molecule has 0 aromatic rings. The van der Waals surface area contributed by atoms with Gasteiger partial charge in [0, 0.05) is 11.8 Å². The van der Waals surface area contributed by atoms with Crippen LogP contribution in [0.4, 0.5) is 0 Å². The molecule has 1 amide bonds. The topological polar surface area (TPSA) is 55.1 Å². The third-order valence-electron chi connectivity index (χ3n) is 2.76. The maximum Gasteiger partial charge on any atom is 0.230 e. The van der Waals surface area contributed by atoms with Gasteiger partial charge in [0.15, 0.2) is 0 Å². The summed E-state index contributed by atoms with van der Waals surface area (Å²) in [5, 5.41) is 3.05. The van der Waals surface area contributed by atoms with Crippen molar-refractivity contribution in [3.63, 3.8) is 0 Å². The molecule has 1 rings (SSSR count). The van der Waals surface area contributed by atoms with Gasteiger partial charge in [0.2, 0.25) is 5.91 Å². The summed E-state index contributed by atoms with van der Waals surface area (Å²) in [6, 6.07) is 0.293. The monoisotopic (exact) mass is 260 g/mol. The zero-order valence-electron chi connectivity index (χ0n) is 9.86. The third-order valence-corrected chi connectivity index (χ3v) is 4.23. The molecule has 1 aliphatic heterocycles. The molecule has 1 heterocycles. The van der Waals surface area contributed by atoms with Gasteiger partial charge in [0.05, 0.1) is 10.9 Å². The highest BCUT2D eigenvalue weighted by molar-refractivity contribution is 7.99. The van der Waals surface area contributed by atoms with Crippen molar-refractivity contribution in [2.45, 2.75) is 32.7 Å². The molecule has 0 aromatic heterocycles. The van der Waals surface area contributed by atoms with Crippen molar-refractivity contribution in [3.8, 4) is 0 Å². The normalized spacial score (nSPS) is 22.8. The molecule has 16 heavy (non-hydrogen) atoms. The Morgan fingerprint density at radius 2 is 2.25 bits per heavy atom. The molecule has 0 saturated carbocycles. The van der Waals surface area contributed by atoms with E-state index in [1.165, 1.54) is 12.2 Å². The van der Waals surface area contributed by atoms with Gasteiger partial charge in [-0.1, -0.05) is 26.1 Å². The average molecular weight is 260 g/mol. The Kier molecular flexibility index (Phi) is 5.55. The van der Waals surface area contributed by atoms with Gasteiger partial charge in [-0.2, -0.15) is 11.8 Å². The molecular weight excluding hydrogens is 240 g/mol. The van der Waals surface area contributed by atoms with Gasteiger partial charge in [-0.25, -0.2) is 0 Å². The first-order valence-electron chi connectivity index (χ1n) is 5.69. The number of hydrogen-bond acceptors (Lipinski definition) is 3. The minimum atomic E-state index is -0.332. The fourth-order valence-corrected chi connectivity index (χ4v) is 3.36. The molecule has 2 unspecified atom stereocenters. The van der Waals surface area contributed by atoms with Crippen LogP contribution in [0.3, 0.4) is 0 Å². The molecule has 3 N–H and O–H groups in total. The standard InChI is InChI=1S/C11H20N2OS2/c1-7(2)9(10(12)15)11(14)13-8-4-3-5-16-6-8/h7-9H,3-6H2,1-2H3,(H2,12,15)(H,13,14). The first kappa shape index (κ1) is 13.8. The fraction of sp³-hybridized carbons (Fsp3) is 0.818. The molecule has 2 atom stereocenters. The molecule has 1 fully saturated rings. The van der Waals surface area contributed by atoms with E-state index in [9.17, 15) is 4.79 Å². The van der Waals surface area contributed by atoms with E-state index in [2.05, 4.69) is 5.32 Å². The number of rotatable bonds is 4. The Hall–Kier alpha value is -0.290. The number of nitrogens with two attached hydrogens (primary N) is 1. The highest BCUT2D eigenvalue weighted by atomic mass is 32.2. The molecule has 5 heteroatoms. The molecule has 0 aromatic carbocycles. The minimum Gasteiger partial charge on any atom is -0.393 e. The molecule has 92 valence electrons. The van der Waals surface area contributed by atoms with E-state index in [1.807, 2.05) is 25.6 Å². The van der Waals surface area contributed by atoms with Crippen LogP contribution in [-0.2, 0) is 4.79 Å². The van der Waals surface area contributed by atoms with E-state index in [1.54, 1.807) is 0 Å². The van der Waals surface area contributed by atoms with Crippen LogP contribution in [-0.4, -0.2) is 28.4 Å². The van der Waals surface area contributed by atoms with Gasteiger partial charge in [-0.3, -0.25) is 4.79 Å². The van der Waals surface area contributed by atoms with Gasteiger partial charge in [0.25, 0.3) is 0 Å². The van der Waals surface area contributed by atoms with Gasteiger partial charge in [-0.15, -0.1) is 0 Å². The lowest BCUT2D eigenvalue weighted by Crippen LogP contribution is -2.46. The van der Waals surface area contributed by atoms with Crippen molar-refractivity contribution in [2.75, 3.05) is 11.5 Å². The summed E-state index contributed by atoms with van der Waals surface area (Å²) in [5.74, 6) is 2.04. The van der Waals surface area contributed by atoms with E-state index in [0.29, 0.717) is 11.0 Å². The van der Waals surface area contributed by atoms with Crippen LogP contribution in [0, 0.1) is 11.8 Å². The van der Waals surface area contributed by atoms with Crippen molar-refractivity contribution in [1.29, 1.82) is 0 Å². The van der Waals surface area contributed by atoms with Crippen LogP contribution in [0.25, 0.3) is 0 Å². The Morgan fingerprint density at radius 3 is 2.69 bits per heavy atom. The van der Waals surface area contributed by atoms with E-state index in [4.69, 9.17) is 18.0 Å². The summed E-state index contributed by atoms with van der Waals surface area (Å²) in [6.45, 7) is 3.94. The quantitative estimate of drug-likeness (QED) is 0.753. The lowest BCUT2D eigenvalue weighted by Gasteiger charge is -2.26. The smallest absolute Gasteiger partial charge is 0.230 e. The predicted octanol–water partition coefficient (Wildman–Crippen LogP) is 1.56. The number of amides is 1. The Morgan fingerprint density at radius 1 is 1.56 bits per heavy atom. The average Bonchev–Trinajstić information content (AvgIpc) is 2.17. The number of thiocarbonyl (C=S) groups is 1. The highest BCUT2D eigenvalue weighted by Crippen LogP contribution is 2.18. The second-order valence-electron chi connectivity index (χ2n) is 4.55. The summed E-state index contributed by atoms with van der Waals surface area (Å²) in [4.78, 5) is 12.3. The molecule has 0 aliphatic carbocycles. The van der Waals surface area contributed by atoms with E-state index < -0.39 is 0 Å². The second kappa shape index (κ2) is 6.45. The lowest BCUT2D eigenvalue weighted by molar-refractivity contribution is -0.124. The summed E-state index contributed by atoms with van der Waals surface area (Å²) < 4.78 is 0. The minimum absolute atomic E-state index is 0.00463. The summed E-state index contributed by atoms with van der Waals surface area (Å²) >= 11 is 6.84. The SMILES string of the molecule is CC(C)C(C(=O)NC1CCCSC1)C(N)=S. The largest absolute Gasteiger partial charge is 0.393 e. The first-order chi connectivity index (χ1) is 7.52. The Balaban J connectivity index is 2.51. The third kappa shape index (κ3) is 3.94. The van der Waals surface area contributed by atoms with Gasteiger partial charge < -0.3 is 11.1 Å². The zero-order valence-corrected chi connectivity index (χ0v) is 11.5. The first-order valence-corrected chi connectivity index (χ1v) is 7.26. The number of nitrogens with one attached hydrogen (secondary N) is 1. The van der Waals surface area contributed by atoms with Gasteiger partial charge in [0.1, 0.15) is 0 Å². The number of carbonyl (C=O) groups is 1. The Bertz CT molecular complexity index is 263. The second-order valence-corrected chi connectivity index (χ2v) is 6.17. The summed E-state index contributed by atoms with van der Waals surface area (Å²) in [5.41, 5.74) is 5.61. The van der Waals surface area contributed by atoms with Crippen molar-refractivity contribution in [1.82, 2.24) is 5.32 Å².